The van der Waals surface area contributed by atoms with Crippen LogP contribution in [0.2, 0.25) is 0 Å². The Balaban J connectivity index is 1.52. The van der Waals surface area contributed by atoms with Gasteiger partial charge in [0.25, 0.3) is 0 Å². The quantitative estimate of drug-likeness (QED) is 0.361. The zero-order valence-electron chi connectivity index (χ0n) is 16.1. The number of aliphatic hydroxyl groups excluding tert-OH is 1. The number of methoxy groups -OCH3 is 1. The van der Waals surface area contributed by atoms with Gasteiger partial charge in [0.1, 0.15) is 4.88 Å². The number of carbonyl (C=O) groups excluding carboxylic acids is 1. The van der Waals surface area contributed by atoms with Crippen molar-refractivity contribution in [1.82, 2.24) is 0 Å². The van der Waals surface area contributed by atoms with E-state index < -0.39 is 0 Å². The number of ether oxygens (including phenoxy) is 1. The predicted molar refractivity (Wildman–Crippen MR) is 112 cm³/mol. The molecule has 2 aliphatic rings. The van der Waals surface area contributed by atoms with Crippen LogP contribution in [0.3, 0.4) is 0 Å². The molecule has 0 saturated heterocycles. The number of hydrogen-bond donors (Lipinski definition) is 1. The molecule has 1 aromatic rings. The van der Waals surface area contributed by atoms with Gasteiger partial charge in [-0.1, -0.05) is 31.4 Å². The molecule has 0 aliphatic heterocycles. The number of alkyl halides is 1. The Bertz CT molecular complexity index is 635. The SMILES string of the molecule is COC(=O)c1ccc(CCC[C@@H]2[C@H](C=CC3CCCCC3)[C@H](O)C[C@@H]2Cl)s1. The van der Waals surface area contributed by atoms with Crippen LogP contribution in [0.5, 0.6) is 0 Å². The van der Waals surface area contributed by atoms with Gasteiger partial charge in [-0.05, 0) is 62.5 Å². The summed E-state index contributed by atoms with van der Waals surface area (Å²) in [4.78, 5) is 13.4. The van der Waals surface area contributed by atoms with E-state index in [2.05, 4.69) is 12.2 Å². The molecule has 0 aromatic carbocycles. The third-order valence-electron chi connectivity index (χ3n) is 6.13. The zero-order chi connectivity index (χ0) is 19.2. The molecule has 1 N–H and O–H groups in total. The summed E-state index contributed by atoms with van der Waals surface area (Å²) in [6.45, 7) is 0. The van der Waals surface area contributed by atoms with Crippen LogP contribution in [0.1, 0.15) is 65.9 Å². The molecular formula is C22H31ClO3S. The molecule has 0 bridgehead atoms. The van der Waals surface area contributed by atoms with Crippen LogP contribution >= 0.6 is 22.9 Å². The number of halogens is 1. The van der Waals surface area contributed by atoms with Crippen molar-refractivity contribution < 1.29 is 14.6 Å². The van der Waals surface area contributed by atoms with Crippen LogP contribution in [0, 0.1) is 17.8 Å². The van der Waals surface area contributed by atoms with Crippen molar-refractivity contribution in [3.05, 3.63) is 34.0 Å². The first-order valence-corrected chi connectivity index (χ1v) is 11.5. The highest BCUT2D eigenvalue weighted by atomic mass is 35.5. The van der Waals surface area contributed by atoms with Gasteiger partial charge in [-0.2, -0.15) is 0 Å². The molecule has 2 fully saturated rings. The van der Waals surface area contributed by atoms with Crippen LogP contribution in [-0.4, -0.2) is 29.7 Å². The third kappa shape index (κ3) is 5.58. The second-order valence-corrected chi connectivity index (χ2v) is 9.72. The molecule has 150 valence electrons. The molecule has 4 atom stereocenters. The van der Waals surface area contributed by atoms with Crippen molar-refractivity contribution in [3.63, 3.8) is 0 Å². The third-order valence-corrected chi connectivity index (χ3v) is 7.76. The molecule has 5 heteroatoms. The Morgan fingerprint density at radius 2 is 2.07 bits per heavy atom. The standard InChI is InChI=1S/C22H31ClO3S/c1-26-22(25)21-13-11-16(27-21)8-5-9-17-18(20(24)14-19(17)23)12-10-15-6-3-2-4-7-15/h10-13,15,17-20,24H,2-9,14H2,1H3/t17-,18+,19+,20-/m1/s1. The molecule has 1 heterocycles. The topological polar surface area (TPSA) is 46.5 Å². The zero-order valence-corrected chi connectivity index (χ0v) is 17.7. The fraction of sp³-hybridized carbons (Fsp3) is 0.682. The van der Waals surface area contributed by atoms with Crippen LogP contribution in [0.25, 0.3) is 0 Å². The van der Waals surface area contributed by atoms with Crippen molar-refractivity contribution in [3.8, 4) is 0 Å². The molecule has 0 amide bonds. The molecule has 0 radical (unpaired) electrons. The lowest BCUT2D eigenvalue weighted by atomic mass is 9.85. The summed E-state index contributed by atoms with van der Waals surface area (Å²) in [6.07, 6.45) is 14.6. The van der Waals surface area contributed by atoms with E-state index in [9.17, 15) is 9.90 Å². The highest BCUT2D eigenvalue weighted by Crippen LogP contribution is 2.40. The summed E-state index contributed by atoms with van der Waals surface area (Å²) in [5, 5.41) is 10.5. The average molecular weight is 411 g/mol. The van der Waals surface area contributed by atoms with E-state index in [-0.39, 0.29) is 23.4 Å². The van der Waals surface area contributed by atoms with Crippen molar-refractivity contribution in [2.24, 2.45) is 17.8 Å². The van der Waals surface area contributed by atoms with E-state index in [1.807, 2.05) is 12.1 Å². The Labute approximate surface area is 171 Å². The minimum Gasteiger partial charge on any atom is -0.465 e. The monoisotopic (exact) mass is 410 g/mol. The van der Waals surface area contributed by atoms with Crippen LogP contribution in [0.4, 0.5) is 0 Å². The van der Waals surface area contributed by atoms with E-state index >= 15 is 0 Å². The van der Waals surface area contributed by atoms with E-state index in [1.54, 1.807) is 0 Å². The Kier molecular flexibility index (Phi) is 7.80. The molecule has 0 spiro atoms. The Hall–Kier alpha value is -0.840. The van der Waals surface area contributed by atoms with E-state index in [0.29, 0.717) is 23.1 Å². The molecule has 0 unspecified atom stereocenters. The lowest BCUT2D eigenvalue weighted by Gasteiger charge is -2.22. The number of aryl methyl sites for hydroxylation is 1. The number of esters is 1. The van der Waals surface area contributed by atoms with Crippen molar-refractivity contribution >= 4 is 28.9 Å². The summed E-state index contributed by atoms with van der Waals surface area (Å²) in [6, 6.07) is 3.85. The molecular weight excluding hydrogens is 380 g/mol. The van der Waals surface area contributed by atoms with Gasteiger partial charge in [0.2, 0.25) is 0 Å². The summed E-state index contributed by atoms with van der Waals surface area (Å²) in [5.74, 6) is 0.938. The maximum atomic E-state index is 11.6. The summed E-state index contributed by atoms with van der Waals surface area (Å²) >= 11 is 8.09. The lowest BCUT2D eigenvalue weighted by Crippen LogP contribution is -2.19. The van der Waals surface area contributed by atoms with Crippen LogP contribution in [-0.2, 0) is 11.2 Å². The predicted octanol–water partition coefficient (Wildman–Crippen LogP) is 5.60. The first-order valence-electron chi connectivity index (χ1n) is 10.3. The number of rotatable bonds is 7. The maximum absolute atomic E-state index is 11.6. The van der Waals surface area contributed by atoms with Crippen LogP contribution in [0.15, 0.2) is 24.3 Å². The Morgan fingerprint density at radius 3 is 2.81 bits per heavy atom. The molecule has 1 aromatic heterocycles. The lowest BCUT2D eigenvalue weighted by molar-refractivity contribution is 0.0606. The normalized spacial score (nSPS) is 29.4. The number of allylic oxidation sites excluding steroid dienone is 1. The van der Waals surface area contributed by atoms with Gasteiger partial charge in [0.15, 0.2) is 0 Å². The second kappa shape index (κ2) is 10.1. The van der Waals surface area contributed by atoms with E-state index in [1.165, 1.54) is 55.4 Å². The Morgan fingerprint density at radius 1 is 1.30 bits per heavy atom. The minimum atomic E-state index is -0.315. The molecule has 3 rings (SSSR count). The molecule has 3 nitrogen and oxygen atoms in total. The largest absolute Gasteiger partial charge is 0.465 e. The summed E-state index contributed by atoms with van der Waals surface area (Å²) in [5.41, 5.74) is 0. The van der Waals surface area contributed by atoms with Gasteiger partial charge in [-0.3, -0.25) is 0 Å². The summed E-state index contributed by atoms with van der Waals surface area (Å²) in [7, 11) is 1.41. The second-order valence-electron chi connectivity index (χ2n) is 7.99. The minimum absolute atomic E-state index is 0.0509. The number of carbonyl (C=O) groups is 1. The van der Waals surface area contributed by atoms with E-state index in [4.69, 9.17) is 16.3 Å². The highest BCUT2D eigenvalue weighted by molar-refractivity contribution is 7.13. The van der Waals surface area contributed by atoms with Gasteiger partial charge in [0.05, 0.1) is 13.2 Å². The first-order chi connectivity index (χ1) is 13.1. The van der Waals surface area contributed by atoms with Crippen molar-refractivity contribution in [2.75, 3.05) is 7.11 Å². The van der Waals surface area contributed by atoms with Gasteiger partial charge >= 0.3 is 5.97 Å². The van der Waals surface area contributed by atoms with E-state index in [0.717, 1.165) is 19.3 Å². The fourth-order valence-electron chi connectivity index (χ4n) is 4.58. The highest BCUT2D eigenvalue weighted by Gasteiger charge is 2.39. The van der Waals surface area contributed by atoms with Gasteiger partial charge in [0, 0.05) is 16.2 Å². The smallest absolute Gasteiger partial charge is 0.348 e. The number of thiophene rings is 1. The number of hydrogen-bond acceptors (Lipinski definition) is 4. The molecule has 2 saturated carbocycles. The molecule has 27 heavy (non-hydrogen) atoms. The van der Waals surface area contributed by atoms with Crippen molar-refractivity contribution in [1.29, 1.82) is 0 Å². The summed E-state index contributed by atoms with van der Waals surface area (Å²) < 4.78 is 4.77. The average Bonchev–Trinajstić information content (AvgIpc) is 3.25. The van der Waals surface area contributed by atoms with Gasteiger partial charge in [-0.25, -0.2) is 4.79 Å². The van der Waals surface area contributed by atoms with Crippen LogP contribution < -0.4 is 0 Å². The van der Waals surface area contributed by atoms with Gasteiger partial charge < -0.3 is 9.84 Å². The molecule has 2 aliphatic carbocycles. The number of aliphatic hydroxyl groups is 1. The van der Waals surface area contributed by atoms with Crippen molar-refractivity contribution in [2.45, 2.75) is 69.3 Å². The maximum Gasteiger partial charge on any atom is 0.348 e. The first kappa shape index (κ1) is 20.9. The fourth-order valence-corrected chi connectivity index (χ4v) is 6.02. The van der Waals surface area contributed by atoms with Gasteiger partial charge in [-0.15, -0.1) is 22.9 Å².